The zero-order valence-corrected chi connectivity index (χ0v) is 7.69. The molecule has 0 bridgehead atoms. The SMILES string of the molecule is CC(=O)OCCC[Si](C)(F)F. The molecule has 0 saturated heterocycles. The van der Waals surface area contributed by atoms with E-state index in [4.69, 9.17) is 0 Å². The molecule has 0 amide bonds. The van der Waals surface area contributed by atoms with Gasteiger partial charge in [0.25, 0.3) is 0 Å². The highest BCUT2D eigenvalue weighted by atomic mass is 28.4. The third-order valence-corrected chi connectivity index (χ3v) is 2.30. The van der Waals surface area contributed by atoms with E-state index in [-0.39, 0.29) is 19.1 Å². The zero-order chi connectivity index (χ0) is 8.91. The molecule has 0 aromatic heterocycles. The minimum absolute atomic E-state index is 0.0969. The van der Waals surface area contributed by atoms with Gasteiger partial charge in [-0.25, -0.2) is 0 Å². The summed E-state index contributed by atoms with van der Waals surface area (Å²) in [6.45, 7) is 2.37. The summed E-state index contributed by atoms with van der Waals surface area (Å²) in [5.74, 6) is -0.411. The van der Waals surface area contributed by atoms with E-state index in [9.17, 15) is 13.0 Å². The minimum atomic E-state index is -3.92. The quantitative estimate of drug-likeness (QED) is 0.287. The van der Waals surface area contributed by atoms with E-state index in [2.05, 4.69) is 4.74 Å². The summed E-state index contributed by atoms with van der Waals surface area (Å²) in [6.07, 6.45) is 0.273. The molecule has 0 spiro atoms. The van der Waals surface area contributed by atoms with Crippen LogP contribution in [0.25, 0.3) is 0 Å². The molecule has 0 aromatic rings. The Balaban J connectivity index is 3.22. The number of hydrogen-bond acceptors (Lipinski definition) is 2. The van der Waals surface area contributed by atoms with E-state index in [0.29, 0.717) is 0 Å². The molecule has 0 fully saturated rings. The molecule has 5 heteroatoms. The van der Waals surface area contributed by atoms with Crippen LogP contribution in [0.15, 0.2) is 0 Å². The molecule has 0 N–H and O–H groups in total. The fourth-order valence-electron chi connectivity index (χ4n) is 0.598. The molecular weight excluding hydrogens is 170 g/mol. The Morgan fingerprint density at radius 3 is 2.45 bits per heavy atom. The average molecular weight is 182 g/mol. The second kappa shape index (κ2) is 4.43. The summed E-state index contributed by atoms with van der Waals surface area (Å²) in [5.41, 5.74) is 0. The van der Waals surface area contributed by atoms with Gasteiger partial charge in [0.15, 0.2) is 0 Å². The van der Waals surface area contributed by atoms with Crippen molar-refractivity contribution in [2.24, 2.45) is 0 Å². The number of ether oxygens (including phenoxy) is 1. The lowest BCUT2D eigenvalue weighted by Gasteiger charge is -2.05. The van der Waals surface area contributed by atoms with E-state index < -0.39 is 14.7 Å². The number of hydrogen-bond donors (Lipinski definition) is 0. The molecule has 0 aliphatic rings. The van der Waals surface area contributed by atoms with Gasteiger partial charge in [-0.2, -0.15) is 0 Å². The number of carbonyl (C=O) groups is 1. The van der Waals surface area contributed by atoms with Crippen LogP contribution in [0.1, 0.15) is 13.3 Å². The Morgan fingerprint density at radius 1 is 1.55 bits per heavy atom. The van der Waals surface area contributed by atoms with Crippen LogP contribution in [0.2, 0.25) is 12.6 Å². The Bertz CT molecular complexity index is 133. The van der Waals surface area contributed by atoms with Gasteiger partial charge in [-0.1, -0.05) is 0 Å². The standard InChI is InChI=1S/C6H12F2O2Si/c1-6(9)10-4-3-5-11(2,7)8/h3-5H2,1-2H3. The molecule has 0 aliphatic carbocycles. The van der Waals surface area contributed by atoms with Gasteiger partial charge in [-0.3, -0.25) is 13.0 Å². The smallest absolute Gasteiger partial charge is 0.422 e. The number of rotatable bonds is 4. The first-order valence-corrected chi connectivity index (χ1v) is 5.89. The van der Waals surface area contributed by atoms with Crippen LogP contribution >= 0.6 is 0 Å². The Morgan fingerprint density at radius 2 is 2.09 bits per heavy atom. The Hall–Kier alpha value is -0.453. The first kappa shape index (κ1) is 10.5. The van der Waals surface area contributed by atoms with Crippen molar-refractivity contribution in [3.8, 4) is 0 Å². The van der Waals surface area contributed by atoms with Gasteiger partial charge in [0.1, 0.15) is 0 Å². The number of esters is 1. The van der Waals surface area contributed by atoms with E-state index in [1.807, 2.05) is 0 Å². The van der Waals surface area contributed by atoms with Crippen molar-refractivity contribution in [2.45, 2.75) is 25.9 Å². The van der Waals surface area contributed by atoms with Crippen LogP contribution in [0.3, 0.4) is 0 Å². The molecule has 2 nitrogen and oxygen atoms in total. The topological polar surface area (TPSA) is 26.3 Å². The molecule has 0 radical (unpaired) electrons. The van der Waals surface area contributed by atoms with E-state index in [1.165, 1.54) is 6.92 Å². The maximum atomic E-state index is 12.2. The fraction of sp³-hybridized carbons (Fsp3) is 0.833. The Labute approximate surface area is 65.9 Å². The van der Waals surface area contributed by atoms with Crippen LogP contribution in [0.5, 0.6) is 0 Å². The van der Waals surface area contributed by atoms with Crippen LogP contribution in [-0.2, 0) is 9.53 Å². The maximum Gasteiger partial charge on any atom is 0.422 e. The molecule has 0 saturated carbocycles. The maximum absolute atomic E-state index is 12.2. The molecule has 0 aromatic carbocycles. The van der Waals surface area contributed by atoms with Crippen molar-refractivity contribution in [1.82, 2.24) is 0 Å². The summed E-state index contributed by atoms with van der Waals surface area (Å²) < 4.78 is 29.0. The Kier molecular flexibility index (Phi) is 4.25. The van der Waals surface area contributed by atoms with Crippen LogP contribution < -0.4 is 0 Å². The summed E-state index contributed by atoms with van der Waals surface area (Å²) in [6, 6.07) is -0.0969. The van der Waals surface area contributed by atoms with E-state index in [1.54, 1.807) is 0 Å². The molecule has 0 rings (SSSR count). The minimum Gasteiger partial charge on any atom is -0.466 e. The lowest BCUT2D eigenvalue weighted by Crippen LogP contribution is -2.16. The number of carbonyl (C=O) groups excluding carboxylic acids is 1. The molecular formula is C6H12F2O2Si. The van der Waals surface area contributed by atoms with Crippen molar-refractivity contribution in [3.05, 3.63) is 0 Å². The van der Waals surface area contributed by atoms with Crippen molar-refractivity contribution in [3.63, 3.8) is 0 Å². The summed E-state index contributed by atoms with van der Waals surface area (Å²) in [5, 5.41) is 0. The van der Waals surface area contributed by atoms with E-state index in [0.717, 1.165) is 6.55 Å². The zero-order valence-electron chi connectivity index (χ0n) is 6.69. The third-order valence-electron chi connectivity index (χ3n) is 1.07. The highest BCUT2D eigenvalue weighted by Crippen LogP contribution is 2.14. The van der Waals surface area contributed by atoms with Gasteiger partial charge in [0, 0.05) is 13.0 Å². The highest BCUT2D eigenvalue weighted by molar-refractivity contribution is 6.64. The van der Waals surface area contributed by atoms with Crippen molar-refractivity contribution >= 4 is 14.7 Å². The van der Waals surface area contributed by atoms with Gasteiger partial charge in [-0.15, -0.1) is 0 Å². The third kappa shape index (κ3) is 9.55. The molecule has 0 unspecified atom stereocenters. The number of halogens is 2. The first-order valence-electron chi connectivity index (χ1n) is 3.43. The molecule has 0 heterocycles. The van der Waals surface area contributed by atoms with Crippen molar-refractivity contribution in [2.75, 3.05) is 6.61 Å². The molecule has 0 atom stereocenters. The molecule has 11 heavy (non-hydrogen) atoms. The second-order valence-corrected chi connectivity index (χ2v) is 5.15. The van der Waals surface area contributed by atoms with Gasteiger partial charge >= 0.3 is 14.7 Å². The fourth-order valence-corrected chi connectivity index (χ4v) is 1.36. The van der Waals surface area contributed by atoms with Crippen molar-refractivity contribution < 1.29 is 17.7 Å². The van der Waals surface area contributed by atoms with Gasteiger partial charge < -0.3 is 4.74 Å². The predicted molar refractivity (Wildman–Crippen MR) is 39.9 cm³/mol. The summed E-state index contributed by atoms with van der Waals surface area (Å²) in [4.78, 5) is 10.2. The average Bonchev–Trinajstić information content (AvgIpc) is 1.78. The summed E-state index contributed by atoms with van der Waals surface area (Å²) >= 11 is 0. The normalized spacial score (nSPS) is 11.3. The van der Waals surface area contributed by atoms with Gasteiger partial charge in [-0.05, 0) is 13.0 Å². The van der Waals surface area contributed by atoms with Crippen LogP contribution in [0, 0.1) is 0 Å². The van der Waals surface area contributed by atoms with Crippen LogP contribution in [-0.4, -0.2) is 21.3 Å². The second-order valence-electron chi connectivity index (χ2n) is 2.51. The first-order chi connectivity index (χ1) is 4.92. The van der Waals surface area contributed by atoms with E-state index >= 15 is 0 Å². The predicted octanol–water partition coefficient (Wildman–Crippen LogP) is 1.95. The lowest BCUT2D eigenvalue weighted by molar-refractivity contribution is -0.140. The van der Waals surface area contributed by atoms with Gasteiger partial charge in [0.2, 0.25) is 0 Å². The molecule has 66 valence electrons. The van der Waals surface area contributed by atoms with Crippen LogP contribution in [0.4, 0.5) is 8.22 Å². The largest absolute Gasteiger partial charge is 0.466 e. The monoisotopic (exact) mass is 182 g/mol. The van der Waals surface area contributed by atoms with Crippen molar-refractivity contribution in [1.29, 1.82) is 0 Å². The molecule has 0 aliphatic heterocycles. The lowest BCUT2D eigenvalue weighted by atomic mass is 10.5. The summed E-state index contributed by atoms with van der Waals surface area (Å²) in [7, 11) is -3.92. The van der Waals surface area contributed by atoms with Gasteiger partial charge in [0.05, 0.1) is 6.61 Å². The highest BCUT2D eigenvalue weighted by Gasteiger charge is 2.26.